The smallest absolute Gasteiger partial charge is 0.125 e. The van der Waals surface area contributed by atoms with Gasteiger partial charge in [-0.15, -0.1) is 11.3 Å². The molecule has 0 saturated carbocycles. The number of benzene rings is 1. The van der Waals surface area contributed by atoms with E-state index < -0.39 is 0 Å². The molecule has 3 rings (SSSR count). The maximum atomic E-state index is 9.36. The average Bonchev–Trinajstić information content (AvgIpc) is 3.09. The Bertz CT molecular complexity index is 587. The van der Waals surface area contributed by atoms with E-state index >= 15 is 0 Å². The minimum atomic E-state index is 0.238. The minimum absolute atomic E-state index is 0.238. The highest BCUT2D eigenvalue weighted by atomic mass is 35.5. The molecule has 2 heterocycles. The van der Waals surface area contributed by atoms with Gasteiger partial charge in [0.15, 0.2) is 0 Å². The van der Waals surface area contributed by atoms with E-state index in [-0.39, 0.29) is 6.61 Å². The summed E-state index contributed by atoms with van der Waals surface area (Å²) < 4.78 is 0. The Kier molecular flexibility index (Phi) is 4.36. The molecule has 1 N–H and O–H groups in total. The zero-order valence-corrected chi connectivity index (χ0v) is 12.7. The molecule has 0 radical (unpaired) electrons. The van der Waals surface area contributed by atoms with Gasteiger partial charge in [0, 0.05) is 23.5 Å². The standard InChI is InChI=1S/C15H17ClN2OS/c16-14-6-2-1-5-13(14)15-17-11(10-20-15)8-18-7-3-4-12(18)9-19/h1-2,5-6,10,12,19H,3-4,7-9H2. The number of halogens is 1. The van der Waals surface area contributed by atoms with Gasteiger partial charge in [0.25, 0.3) is 0 Å². The van der Waals surface area contributed by atoms with Crippen LogP contribution in [0, 0.1) is 0 Å². The average molecular weight is 309 g/mol. The maximum Gasteiger partial charge on any atom is 0.125 e. The molecule has 1 unspecified atom stereocenters. The van der Waals surface area contributed by atoms with E-state index in [9.17, 15) is 5.11 Å². The van der Waals surface area contributed by atoms with Crippen LogP contribution in [0.1, 0.15) is 18.5 Å². The molecule has 1 aliphatic heterocycles. The van der Waals surface area contributed by atoms with Crippen molar-refractivity contribution in [3.8, 4) is 10.6 Å². The summed E-state index contributed by atoms with van der Waals surface area (Å²) in [5.74, 6) is 0. The molecule has 3 nitrogen and oxygen atoms in total. The predicted octanol–water partition coefficient (Wildman–Crippen LogP) is 3.42. The Hall–Kier alpha value is -0.940. The molecule has 2 aromatic rings. The second kappa shape index (κ2) is 6.22. The number of rotatable bonds is 4. The summed E-state index contributed by atoms with van der Waals surface area (Å²) in [6, 6.07) is 8.08. The fourth-order valence-electron chi connectivity index (χ4n) is 2.66. The van der Waals surface area contributed by atoms with Crippen molar-refractivity contribution in [3.63, 3.8) is 0 Å². The first-order valence-electron chi connectivity index (χ1n) is 6.82. The molecule has 106 valence electrons. The zero-order valence-electron chi connectivity index (χ0n) is 11.1. The third-order valence-electron chi connectivity index (χ3n) is 3.73. The molecule has 1 saturated heterocycles. The van der Waals surface area contributed by atoms with E-state index in [0.29, 0.717) is 6.04 Å². The number of aromatic nitrogens is 1. The Morgan fingerprint density at radius 1 is 1.40 bits per heavy atom. The third-order valence-corrected chi connectivity index (χ3v) is 4.98. The number of hydrogen-bond acceptors (Lipinski definition) is 4. The summed E-state index contributed by atoms with van der Waals surface area (Å²) in [5.41, 5.74) is 2.05. The summed E-state index contributed by atoms with van der Waals surface area (Å²) in [6.07, 6.45) is 2.24. The lowest BCUT2D eigenvalue weighted by molar-refractivity contribution is 0.152. The number of aliphatic hydroxyl groups excluding tert-OH is 1. The van der Waals surface area contributed by atoms with Crippen molar-refractivity contribution in [1.29, 1.82) is 0 Å². The van der Waals surface area contributed by atoms with Gasteiger partial charge in [0.2, 0.25) is 0 Å². The van der Waals surface area contributed by atoms with Crippen LogP contribution in [0.5, 0.6) is 0 Å². The third kappa shape index (κ3) is 2.88. The van der Waals surface area contributed by atoms with Crippen molar-refractivity contribution in [2.24, 2.45) is 0 Å². The van der Waals surface area contributed by atoms with E-state index in [2.05, 4.69) is 15.3 Å². The highest BCUT2D eigenvalue weighted by molar-refractivity contribution is 7.13. The van der Waals surface area contributed by atoms with Crippen molar-refractivity contribution < 1.29 is 5.11 Å². The second-order valence-corrected chi connectivity index (χ2v) is 6.34. The van der Waals surface area contributed by atoms with Crippen LogP contribution in [-0.4, -0.2) is 34.2 Å². The monoisotopic (exact) mass is 308 g/mol. The minimum Gasteiger partial charge on any atom is -0.395 e. The number of nitrogens with zero attached hydrogens (tertiary/aromatic N) is 2. The predicted molar refractivity (Wildman–Crippen MR) is 83.1 cm³/mol. The molecule has 0 aliphatic carbocycles. The normalized spacial score (nSPS) is 19.6. The van der Waals surface area contributed by atoms with E-state index in [1.807, 2.05) is 24.3 Å². The lowest BCUT2D eigenvalue weighted by Gasteiger charge is -2.21. The van der Waals surface area contributed by atoms with Gasteiger partial charge in [-0.05, 0) is 25.5 Å². The van der Waals surface area contributed by atoms with Gasteiger partial charge in [-0.25, -0.2) is 4.98 Å². The fraction of sp³-hybridized carbons (Fsp3) is 0.400. The molecular weight excluding hydrogens is 292 g/mol. The molecule has 20 heavy (non-hydrogen) atoms. The number of aliphatic hydroxyl groups is 1. The van der Waals surface area contributed by atoms with E-state index in [4.69, 9.17) is 11.6 Å². The molecule has 1 aliphatic rings. The van der Waals surface area contributed by atoms with E-state index in [1.165, 1.54) is 0 Å². The largest absolute Gasteiger partial charge is 0.395 e. The summed E-state index contributed by atoms with van der Waals surface area (Å²) in [4.78, 5) is 7.00. The van der Waals surface area contributed by atoms with Gasteiger partial charge in [-0.1, -0.05) is 29.8 Å². The van der Waals surface area contributed by atoms with Gasteiger partial charge in [-0.3, -0.25) is 4.90 Å². The van der Waals surface area contributed by atoms with Gasteiger partial charge in [0.1, 0.15) is 5.01 Å². The van der Waals surface area contributed by atoms with Crippen molar-refractivity contribution >= 4 is 22.9 Å². The Morgan fingerprint density at radius 2 is 2.25 bits per heavy atom. The molecule has 1 aromatic carbocycles. The van der Waals surface area contributed by atoms with Crippen LogP contribution in [0.25, 0.3) is 10.6 Å². The summed E-state index contributed by atoms with van der Waals surface area (Å²) in [7, 11) is 0. The summed E-state index contributed by atoms with van der Waals surface area (Å²) >= 11 is 7.83. The number of thiazole rings is 1. The summed E-state index contributed by atoms with van der Waals surface area (Å²) in [5, 5.41) is 13.1. The first-order valence-corrected chi connectivity index (χ1v) is 8.08. The van der Waals surface area contributed by atoms with Crippen LogP contribution in [0.15, 0.2) is 29.6 Å². The first kappa shape index (κ1) is 14.0. The van der Waals surface area contributed by atoms with Crippen LogP contribution in [0.4, 0.5) is 0 Å². The van der Waals surface area contributed by atoms with Crippen molar-refractivity contribution in [2.75, 3.05) is 13.2 Å². The zero-order chi connectivity index (χ0) is 13.9. The quantitative estimate of drug-likeness (QED) is 0.940. The molecule has 1 atom stereocenters. The van der Waals surface area contributed by atoms with Crippen molar-refractivity contribution in [2.45, 2.75) is 25.4 Å². The Balaban J connectivity index is 1.76. The van der Waals surface area contributed by atoms with E-state index in [0.717, 1.165) is 47.2 Å². The second-order valence-electron chi connectivity index (χ2n) is 5.07. The Labute approximate surface area is 127 Å². The topological polar surface area (TPSA) is 36.4 Å². The number of hydrogen-bond donors (Lipinski definition) is 1. The molecule has 1 fully saturated rings. The van der Waals surface area contributed by atoms with Crippen LogP contribution < -0.4 is 0 Å². The van der Waals surface area contributed by atoms with Crippen molar-refractivity contribution in [1.82, 2.24) is 9.88 Å². The van der Waals surface area contributed by atoms with Crippen molar-refractivity contribution in [3.05, 3.63) is 40.4 Å². The molecule has 0 spiro atoms. The van der Waals surface area contributed by atoms with E-state index in [1.54, 1.807) is 11.3 Å². The van der Waals surface area contributed by atoms with Crippen LogP contribution in [-0.2, 0) is 6.54 Å². The molecule has 0 amide bonds. The molecular formula is C15H17ClN2OS. The van der Waals surface area contributed by atoms with Crippen LogP contribution >= 0.6 is 22.9 Å². The molecule has 0 bridgehead atoms. The molecule has 1 aromatic heterocycles. The van der Waals surface area contributed by atoms with Gasteiger partial charge >= 0.3 is 0 Å². The summed E-state index contributed by atoms with van der Waals surface area (Å²) in [6.45, 7) is 2.10. The highest BCUT2D eigenvalue weighted by Gasteiger charge is 2.24. The van der Waals surface area contributed by atoms with Gasteiger partial charge < -0.3 is 5.11 Å². The first-order chi connectivity index (χ1) is 9.78. The highest BCUT2D eigenvalue weighted by Crippen LogP contribution is 2.31. The Morgan fingerprint density at radius 3 is 3.05 bits per heavy atom. The lowest BCUT2D eigenvalue weighted by atomic mass is 10.2. The number of likely N-dealkylation sites (tertiary alicyclic amines) is 1. The van der Waals surface area contributed by atoms with Gasteiger partial charge in [-0.2, -0.15) is 0 Å². The molecule has 5 heteroatoms. The van der Waals surface area contributed by atoms with Crippen LogP contribution in [0.2, 0.25) is 5.02 Å². The van der Waals surface area contributed by atoms with Crippen LogP contribution in [0.3, 0.4) is 0 Å². The maximum absolute atomic E-state index is 9.36. The lowest BCUT2D eigenvalue weighted by Crippen LogP contribution is -2.31. The fourth-order valence-corrected chi connectivity index (χ4v) is 3.79. The SMILES string of the molecule is OCC1CCCN1Cc1csc(-c2ccccc2Cl)n1. The van der Waals surface area contributed by atoms with Gasteiger partial charge in [0.05, 0.1) is 17.3 Å².